The van der Waals surface area contributed by atoms with Gasteiger partial charge in [-0.3, -0.25) is 0 Å². The summed E-state index contributed by atoms with van der Waals surface area (Å²) in [5, 5.41) is 3.25. The molecule has 0 aliphatic heterocycles. The number of nitrogens with zero attached hydrogens (tertiary/aromatic N) is 1. The highest BCUT2D eigenvalue weighted by atomic mass is 32.1. The molecule has 4 heteroatoms. The van der Waals surface area contributed by atoms with Crippen molar-refractivity contribution in [2.24, 2.45) is 11.7 Å². The van der Waals surface area contributed by atoms with E-state index in [9.17, 15) is 0 Å². The molecule has 0 saturated carbocycles. The van der Waals surface area contributed by atoms with Gasteiger partial charge in [0.05, 0.1) is 0 Å². The number of nitrogens with one attached hydrogen (secondary N) is 1. The molecule has 15 heavy (non-hydrogen) atoms. The maximum atomic E-state index is 5.47. The van der Waals surface area contributed by atoms with E-state index in [1.807, 2.05) is 12.1 Å². The summed E-state index contributed by atoms with van der Waals surface area (Å²) in [7, 11) is 0. The molecule has 0 unspecified atom stereocenters. The lowest BCUT2D eigenvalue weighted by Gasteiger charge is -2.07. The standard InChI is InChI=1S/C11H17N3S/c1-8(2)5-6-13-10-4-3-9(7-14-10)11(12)15/h3-4,7-8H,5-6H2,1-2H3,(H2,12,15)(H,13,14). The molecule has 0 bridgehead atoms. The summed E-state index contributed by atoms with van der Waals surface area (Å²) in [4.78, 5) is 4.60. The van der Waals surface area contributed by atoms with Gasteiger partial charge in [-0.2, -0.15) is 0 Å². The molecule has 1 rings (SSSR count). The minimum atomic E-state index is 0.385. The zero-order valence-corrected chi connectivity index (χ0v) is 9.97. The number of anilines is 1. The highest BCUT2D eigenvalue weighted by Gasteiger charge is 1.98. The molecule has 3 nitrogen and oxygen atoms in total. The molecule has 0 spiro atoms. The first-order chi connectivity index (χ1) is 7.09. The number of pyridine rings is 1. The second-order valence-electron chi connectivity index (χ2n) is 3.91. The molecular weight excluding hydrogens is 206 g/mol. The van der Waals surface area contributed by atoms with E-state index in [-0.39, 0.29) is 0 Å². The Balaban J connectivity index is 2.46. The topological polar surface area (TPSA) is 50.9 Å². The summed E-state index contributed by atoms with van der Waals surface area (Å²) in [6.07, 6.45) is 2.83. The van der Waals surface area contributed by atoms with E-state index in [0.29, 0.717) is 10.9 Å². The number of rotatable bonds is 5. The van der Waals surface area contributed by atoms with Crippen LogP contribution in [0, 0.1) is 5.92 Å². The van der Waals surface area contributed by atoms with Crippen LogP contribution in [0.25, 0.3) is 0 Å². The third-order valence-corrected chi connectivity index (χ3v) is 2.31. The first-order valence-corrected chi connectivity index (χ1v) is 5.50. The average molecular weight is 223 g/mol. The van der Waals surface area contributed by atoms with Gasteiger partial charge in [-0.15, -0.1) is 0 Å². The Kier molecular flexibility index (Phi) is 4.49. The Hall–Kier alpha value is -1.16. The van der Waals surface area contributed by atoms with Crippen molar-refractivity contribution in [3.8, 4) is 0 Å². The first-order valence-electron chi connectivity index (χ1n) is 5.09. The molecule has 3 N–H and O–H groups in total. The molecule has 0 amide bonds. The zero-order valence-electron chi connectivity index (χ0n) is 9.16. The predicted molar refractivity (Wildman–Crippen MR) is 68.1 cm³/mol. The summed E-state index contributed by atoms with van der Waals surface area (Å²) in [5.74, 6) is 1.57. The molecule has 1 heterocycles. The maximum Gasteiger partial charge on any atom is 0.125 e. The lowest BCUT2D eigenvalue weighted by molar-refractivity contribution is 0.606. The Morgan fingerprint density at radius 2 is 2.27 bits per heavy atom. The Morgan fingerprint density at radius 3 is 2.73 bits per heavy atom. The zero-order chi connectivity index (χ0) is 11.3. The number of thiocarbonyl (C=S) groups is 1. The summed E-state index contributed by atoms with van der Waals surface area (Å²) in [6.45, 7) is 5.34. The second-order valence-corrected chi connectivity index (χ2v) is 4.35. The molecule has 0 saturated heterocycles. The van der Waals surface area contributed by atoms with Gasteiger partial charge in [0, 0.05) is 18.3 Å². The van der Waals surface area contributed by atoms with Crippen LogP contribution in [0.15, 0.2) is 18.3 Å². The van der Waals surface area contributed by atoms with Gasteiger partial charge >= 0.3 is 0 Å². The van der Waals surface area contributed by atoms with Crippen molar-refractivity contribution < 1.29 is 0 Å². The van der Waals surface area contributed by atoms with E-state index >= 15 is 0 Å². The fourth-order valence-electron chi connectivity index (χ4n) is 1.13. The molecule has 0 atom stereocenters. The smallest absolute Gasteiger partial charge is 0.125 e. The third kappa shape index (κ3) is 4.25. The van der Waals surface area contributed by atoms with Gasteiger partial charge in [0.15, 0.2) is 0 Å². The minimum absolute atomic E-state index is 0.385. The number of hydrogen-bond acceptors (Lipinski definition) is 3. The lowest BCUT2D eigenvalue weighted by Crippen LogP contribution is -2.11. The lowest BCUT2D eigenvalue weighted by atomic mass is 10.1. The van der Waals surface area contributed by atoms with Gasteiger partial charge in [-0.25, -0.2) is 4.98 Å². The van der Waals surface area contributed by atoms with Gasteiger partial charge in [0.25, 0.3) is 0 Å². The van der Waals surface area contributed by atoms with Crippen LogP contribution >= 0.6 is 12.2 Å². The van der Waals surface area contributed by atoms with Crippen LogP contribution in [0.2, 0.25) is 0 Å². The van der Waals surface area contributed by atoms with Crippen molar-refractivity contribution in [2.45, 2.75) is 20.3 Å². The van der Waals surface area contributed by atoms with Crippen LogP contribution in [0.5, 0.6) is 0 Å². The highest BCUT2D eigenvalue weighted by Crippen LogP contribution is 2.06. The molecule has 0 aliphatic rings. The Bertz CT molecular complexity index is 319. The Morgan fingerprint density at radius 1 is 1.53 bits per heavy atom. The molecule has 82 valence electrons. The fourth-order valence-corrected chi connectivity index (χ4v) is 1.25. The van der Waals surface area contributed by atoms with E-state index in [2.05, 4.69) is 24.1 Å². The molecule has 1 aromatic heterocycles. The van der Waals surface area contributed by atoms with Crippen LogP contribution in [0.3, 0.4) is 0 Å². The molecule has 0 radical (unpaired) electrons. The summed E-state index contributed by atoms with van der Waals surface area (Å²) >= 11 is 4.84. The van der Waals surface area contributed by atoms with Crippen molar-refractivity contribution in [2.75, 3.05) is 11.9 Å². The summed E-state index contributed by atoms with van der Waals surface area (Å²) in [6, 6.07) is 3.78. The first kappa shape index (κ1) is 11.9. The predicted octanol–water partition coefficient (Wildman–Crippen LogP) is 2.17. The maximum absolute atomic E-state index is 5.47. The van der Waals surface area contributed by atoms with Crippen LogP contribution in [-0.4, -0.2) is 16.5 Å². The fraction of sp³-hybridized carbons (Fsp3) is 0.455. The van der Waals surface area contributed by atoms with Crippen molar-refractivity contribution in [1.82, 2.24) is 4.98 Å². The SMILES string of the molecule is CC(C)CCNc1ccc(C(N)=S)cn1. The molecular formula is C11H17N3S. The van der Waals surface area contributed by atoms with Crippen molar-refractivity contribution in [1.29, 1.82) is 0 Å². The van der Waals surface area contributed by atoms with Gasteiger partial charge in [0.1, 0.15) is 10.8 Å². The van der Waals surface area contributed by atoms with Crippen LogP contribution in [-0.2, 0) is 0 Å². The van der Waals surface area contributed by atoms with Crippen LogP contribution in [0.4, 0.5) is 5.82 Å². The average Bonchev–Trinajstić information content (AvgIpc) is 2.18. The van der Waals surface area contributed by atoms with Gasteiger partial charge in [-0.05, 0) is 24.5 Å². The molecule has 0 aliphatic carbocycles. The van der Waals surface area contributed by atoms with Gasteiger partial charge < -0.3 is 11.1 Å². The van der Waals surface area contributed by atoms with Crippen molar-refractivity contribution in [3.05, 3.63) is 23.9 Å². The van der Waals surface area contributed by atoms with Crippen LogP contribution in [0.1, 0.15) is 25.8 Å². The molecule has 0 fully saturated rings. The third-order valence-electron chi connectivity index (χ3n) is 2.08. The summed E-state index contributed by atoms with van der Waals surface area (Å²) in [5.41, 5.74) is 6.28. The van der Waals surface area contributed by atoms with Crippen molar-refractivity contribution in [3.63, 3.8) is 0 Å². The van der Waals surface area contributed by atoms with E-state index in [4.69, 9.17) is 18.0 Å². The Labute approximate surface area is 96.1 Å². The van der Waals surface area contributed by atoms with Gasteiger partial charge in [-0.1, -0.05) is 26.1 Å². The minimum Gasteiger partial charge on any atom is -0.389 e. The number of aromatic nitrogens is 1. The van der Waals surface area contributed by atoms with E-state index in [1.54, 1.807) is 6.20 Å². The molecule has 0 aromatic carbocycles. The van der Waals surface area contributed by atoms with E-state index in [0.717, 1.165) is 24.3 Å². The summed E-state index contributed by atoms with van der Waals surface area (Å²) < 4.78 is 0. The molecule has 1 aromatic rings. The van der Waals surface area contributed by atoms with Gasteiger partial charge in [0.2, 0.25) is 0 Å². The van der Waals surface area contributed by atoms with E-state index in [1.165, 1.54) is 0 Å². The number of nitrogens with two attached hydrogens (primary N) is 1. The quantitative estimate of drug-likeness (QED) is 0.751. The highest BCUT2D eigenvalue weighted by molar-refractivity contribution is 7.80. The van der Waals surface area contributed by atoms with Crippen LogP contribution < -0.4 is 11.1 Å². The van der Waals surface area contributed by atoms with Crippen molar-refractivity contribution >= 4 is 23.0 Å². The monoisotopic (exact) mass is 223 g/mol. The van der Waals surface area contributed by atoms with E-state index < -0.39 is 0 Å². The number of hydrogen-bond donors (Lipinski definition) is 2. The normalized spacial score (nSPS) is 10.3. The second kappa shape index (κ2) is 5.66. The largest absolute Gasteiger partial charge is 0.389 e.